The second kappa shape index (κ2) is 20.5. The zero-order valence-electron chi connectivity index (χ0n) is 34.7. The lowest BCUT2D eigenvalue weighted by Crippen LogP contribution is -2.53. The zero-order chi connectivity index (χ0) is 43.3. The molecule has 0 N–H and O–H groups in total. The molecule has 0 aromatic heterocycles. The second-order valence-corrected chi connectivity index (χ2v) is 18.9. The lowest BCUT2D eigenvalue weighted by molar-refractivity contribution is -0.143. The lowest BCUT2D eigenvalue weighted by atomic mass is 9.63. The summed E-state index contributed by atoms with van der Waals surface area (Å²) in [4.78, 5) is 18.2. The number of hydrogen-bond acceptors (Lipinski definition) is 2. The molecule has 4 fully saturated rings. The number of halogens is 8. The maximum absolute atomic E-state index is 13.5. The van der Waals surface area contributed by atoms with Gasteiger partial charge in [0.2, 0.25) is 5.91 Å². The smallest absolute Gasteiger partial charge is 0.342 e. The van der Waals surface area contributed by atoms with E-state index >= 15 is 0 Å². The van der Waals surface area contributed by atoms with Gasteiger partial charge in [-0.25, -0.2) is 0 Å². The molecule has 1 amide bonds. The number of amides is 1. The highest BCUT2D eigenvalue weighted by atomic mass is 35.5. The fourth-order valence-corrected chi connectivity index (χ4v) is 10.3. The van der Waals surface area contributed by atoms with Crippen LogP contribution in [0.15, 0.2) is 97.1 Å². The minimum Gasteiger partial charge on any atom is -0.342 e. The van der Waals surface area contributed by atoms with Gasteiger partial charge in [0.1, 0.15) is 0 Å². The molecule has 8 rings (SSSR count). The fraction of sp³-hybridized carbons (Fsp3) is 0.510. The molecule has 2 saturated heterocycles. The molecule has 11 heteroatoms. The highest BCUT2D eigenvalue weighted by Crippen LogP contribution is 2.47. The van der Waals surface area contributed by atoms with Crippen molar-refractivity contribution < 1.29 is 31.1 Å². The number of alkyl halides is 6. The minimum absolute atomic E-state index is 0. The van der Waals surface area contributed by atoms with E-state index < -0.39 is 28.9 Å². The van der Waals surface area contributed by atoms with Crippen LogP contribution in [0.5, 0.6) is 0 Å². The molecule has 2 atom stereocenters. The quantitative estimate of drug-likeness (QED) is 0.140. The van der Waals surface area contributed by atoms with E-state index in [1.165, 1.54) is 49.8 Å². The molecule has 2 unspecified atom stereocenters. The van der Waals surface area contributed by atoms with Gasteiger partial charge in [-0.05, 0) is 166 Å². The van der Waals surface area contributed by atoms with Gasteiger partial charge in [0.15, 0.2) is 0 Å². The Hall–Kier alpha value is -3.53. The van der Waals surface area contributed by atoms with E-state index in [-0.39, 0.29) is 18.7 Å². The van der Waals surface area contributed by atoms with Crippen LogP contribution in [-0.4, -0.2) is 48.4 Å². The van der Waals surface area contributed by atoms with Crippen molar-refractivity contribution in [2.45, 2.75) is 121 Å². The van der Waals surface area contributed by atoms with Gasteiger partial charge in [0.25, 0.3) is 0 Å². The summed E-state index contributed by atoms with van der Waals surface area (Å²) in [6.45, 7) is 4.85. The third-order valence-electron chi connectivity index (χ3n) is 14.0. The topological polar surface area (TPSA) is 23.6 Å². The maximum atomic E-state index is 13.5. The number of piperidine rings is 2. The van der Waals surface area contributed by atoms with Gasteiger partial charge in [-0.1, -0.05) is 92.0 Å². The van der Waals surface area contributed by atoms with Gasteiger partial charge in [0, 0.05) is 41.6 Å². The summed E-state index contributed by atoms with van der Waals surface area (Å²) < 4.78 is 76.4. The van der Waals surface area contributed by atoms with E-state index in [4.69, 9.17) is 23.2 Å². The number of benzene rings is 4. The van der Waals surface area contributed by atoms with Gasteiger partial charge >= 0.3 is 12.4 Å². The standard InChI is InChI=1S/C25H27ClF3NO.C25H29ClF3N.CH4/c26-22-12-10-20(11-13-22)24(14-2-15-24)23(31)30-16-1-3-19(17-30)5-4-18-6-8-21(9-7-18)25(27,28)29;26-23-12-10-21(11-13-23)24(14-2-15-24)18-30-16-1-3-20(17-30)5-4-19-6-8-22(9-7-19)25(27,28)29;/h6-13,19H,1-5,14-17H2;6-13,20H,1-5,14-18H2;1H4. The first-order valence-electron chi connectivity index (χ1n) is 22.0. The normalized spacial score (nSPS) is 21.1. The summed E-state index contributed by atoms with van der Waals surface area (Å²) >= 11 is 12.1. The molecule has 4 aromatic rings. The van der Waals surface area contributed by atoms with Crippen molar-refractivity contribution in [2.24, 2.45) is 11.8 Å². The molecule has 62 heavy (non-hydrogen) atoms. The molecule has 2 aliphatic carbocycles. The molecule has 336 valence electrons. The molecule has 4 aliphatic rings. The first-order valence-corrected chi connectivity index (χ1v) is 22.7. The van der Waals surface area contributed by atoms with Crippen LogP contribution in [0.3, 0.4) is 0 Å². The molecule has 2 heterocycles. The maximum Gasteiger partial charge on any atom is 0.416 e. The Balaban J connectivity index is 0.000000204. The van der Waals surface area contributed by atoms with Gasteiger partial charge in [0.05, 0.1) is 16.5 Å². The number of likely N-dealkylation sites (tertiary alicyclic amines) is 2. The number of hydrogen-bond donors (Lipinski definition) is 0. The van der Waals surface area contributed by atoms with Crippen molar-refractivity contribution in [3.63, 3.8) is 0 Å². The number of carbonyl (C=O) groups excluding carboxylic acids is 1. The van der Waals surface area contributed by atoms with Crippen molar-refractivity contribution in [3.05, 3.63) is 140 Å². The first kappa shape index (κ1) is 47.9. The molecule has 0 radical (unpaired) electrons. The average Bonchev–Trinajstić information content (AvgIpc) is 3.21. The Bertz CT molecular complexity index is 2030. The summed E-state index contributed by atoms with van der Waals surface area (Å²) in [5.74, 6) is 1.21. The van der Waals surface area contributed by atoms with Gasteiger partial charge in [-0.2, -0.15) is 26.3 Å². The summed E-state index contributed by atoms with van der Waals surface area (Å²) in [6.07, 6.45) is 5.94. The van der Waals surface area contributed by atoms with Crippen LogP contribution >= 0.6 is 23.2 Å². The highest BCUT2D eigenvalue weighted by Gasteiger charge is 2.48. The van der Waals surface area contributed by atoms with Crippen molar-refractivity contribution in [3.8, 4) is 0 Å². The fourth-order valence-electron chi connectivity index (χ4n) is 10.1. The number of nitrogens with zero attached hydrogens (tertiary/aromatic N) is 2. The van der Waals surface area contributed by atoms with E-state index in [0.717, 1.165) is 124 Å². The molecule has 4 aromatic carbocycles. The number of carbonyl (C=O) groups is 1. The van der Waals surface area contributed by atoms with Gasteiger partial charge in [-0.15, -0.1) is 0 Å². The summed E-state index contributed by atoms with van der Waals surface area (Å²) in [6, 6.07) is 27.1. The molecular weight excluding hydrogens is 841 g/mol. The third-order valence-corrected chi connectivity index (χ3v) is 14.5. The summed E-state index contributed by atoms with van der Waals surface area (Å²) in [5.41, 5.74) is 3.04. The third kappa shape index (κ3) is 11.8. The van der Waals surface area contributed by atoms with Crippen LogP contribution in [0.4, 0.5) is 26.3 Å². The van der Waals surface area contributed by atoms with Gasteiger partial charge < -0.3 is 9.80 Å². The Morgan fingerprint density at radius 1 is 0.581 bits per heavy atom. The van der Waals surface area contributed by atoms with Crippen LogP contribution in [0.1, 0.15) is 118 Å². The van der Waals surface area contributed by atoms with E-state index in [0.29, 0.717) is 16.9 Å². The average molecular weight is 902 g/mol. The number of rotatable bonds is 11. The van der Waals surface area contributed by atoms with Crippen molar-refractivity contribution in [2.75, 3.05) is 32.7 Å². The predicted molar refractivity (Wildman–Crippen MR) is 239 cm³/mol. The van der Waals surface area contributed by atoms with E-state index in [9.17, 15) is 31.1 Å². The Morgan fingerprint density at radius 2 is 1.03 bits per heavy atom. The van der Waals surface area contributed by atoms with Gasteiger partial charge in [-0.3, -0.25) is 4.79 Å². The Labute approximate surface area is 374 Å². The number of aryl methyl sites for hydroxylation is 2. The minimum atomic E-state index is -4.30. The van der Waals surface area contributed by atoms with Crippen molar-refractivity contribution in [1.82, 2.24) is 9.80 Å². The second-order valence-electron chi connectivity index (χ2n) is 18.1. The van der Waals surface area contributed by atoms with Crippen LogP contribution in [0, 0.1) is 11.8 Å². The van der Waals surface area contributed by atoms with Crippen LogP contribution < -0.4 is 0 Å². The molecule has 2 aliphatic heterocycles. The molecule has 2 saturated carbocycles. The van der Waals surface area contributed by atoms with E-state index in [2.05, 4.69) is 17.0 Å². The van der Waals surface area contributed by atoms with E-state index in [1.807, 2.05) is 41.3 Å². The Morgan fingerprint density at radius 3 is 1.47 bits per heavy atom. The monoisotopic (exact) mass is 900 g/mol. The van der Waals surface area contributed by atoms with Crippen molar-refractivity contribution in [1.29, 1.82) is 0 Å². The largest absolute Gasteiger partial charge is 0.416 e. The van der Waals surface area contributed by atoms with Crippen LogP contribution in [0.2, 0.25) is 10.0 Å². The molecule has 0 spiro atoms. The Kier molecular flexibility index (Phi) is 15.9. The zero-order valence-corrected chi connectivity index (χ0v) is 36.2. The van der Waals surface area contributed by atoms with Crippen LogP contribution in [-0.2, 0) is 40.8 Å². The molecular formula is C51H60Cl2F6N2O. The first-order chi connectivity index (χ1) is 29.1. The SMILES string of the molecule is C.FC(F)(F)c1ccc(CCC2CCCN(CC3(c4ccc(Cl)cc4)CCC3)C2)cc1.O=C(N1CCCC(CCc2ccc(C(F)(F)F)cc2)C1)C1(c2ccc(Cl)cc2)CCC1. The molecule has 3 nitrogen and oxygen atoms in total. The molecule has 0 bridgehead atoms. The van der Waals surface area contributed by atoms with Crippen molar-refractivity contribution >= 4 is 29.1 Å². The lowest BCUT2D eigenvalue weighted by Gasteiger charge is -2.47. The summed E-state index contributed by atoms with van der Waals surface area (Å²) in [7, 11) is 0. The van der Waals surface area contributed by atoms with Crippen LogP contribution in [0.25, 0.3) is 0 Å². The summed E-state index contributed by atoms with van der Waals surface area (Å²) in [5, 5.41) is 1.46. The van der Waals surface area contributed by atoms with E-state index in [1.54, 1.807) is 24.3 Å². The predicted octanol–water partition coefficient (Wildman–Crippen LogP) is 14.4. The highest BCUT2D eigenvalue weighted by molar-refractivity contribution is 6.30.